The summed E-state index contributed by atoms with van der Waals surface area (Å²) in [5, 5.41) is 0. The second-order valence-corrected chi connectivity index (χ2v) is 6.73. The highest BCUT2D eigenvalue weighted by Gasteiger charge is 2.06. The van der Waals surface area contributed by atoms with Crippen LogP contribution in [0.4, 0.5) is 0 Å². The highest BCUT2D eigenvalue weighted by atomic mass is 14.1. The lowest BCUT2D eigenvalue weighted by Gasteiger charge is -2.14. The van der Waals surface area contributed by atoms with Crippen LogP contribution in [0.3, 0.4) is 0 Å². The molecule has 0 aromatic rings. The molecule has 120 valence electrons. The maximum absolute atomic E-state index is 4.03. The highest BCUT2D eigenvalue weighted by molar-refractivity contribution is 5.35. The Balaban J connectivity index is 1.94. The fraction of sp³-hybridized carbons (Fsp3) is 0.714. The summed E-state index contributed by atoms with van der Waals surface area (Å²) in [6.07, 6.45) is 22.7. The maximum atomic E-state index is 4.03. The second-order valence-electron chi connectivity index (χ2n) is 6.73. The number of unbranched alkanes of at least 4 members (excludes halogenated alkanes) is 9. The molecule has 0 fully saturated rings. The fourth-order valence-electron chi connectivity index (χ4n) is 3.08. The van der Waals surface area contributed by atoms with Crippen molar-refractivity contribution < 1.29 is 0 Å². The van der Waals surface area contributed by atoms with E-state index in [0.29, 0.717) is 0 Å². The van der Waals surface area contributed by atoms with Gasteiger partial charge in [0, 0.05) is 0 Å². The van der Waals surface area contributed by atoms with Gasteiger partial charge < -0.3 is 0 Å². The van der Waals surface area contributed by atoms with Gasteiger partial charge in [-0.2, -0.15) is 0 Å². The second kappa shape index (κ2) is 11.8. The topological polar surface area (TPSA) is 0 Å². The summed E-state index contributed by atoms with van der Waals surface area (Å²) in [5.74, 6) is 0. The van der Waals surface area contributed by atoms with Gasteiger partial charge >= 0.3 is 0 Å². The van der Waals surface area contributed by atoms with Crippen LogP contribution in [0.15, 0.2) is 35.5 Å². The third-order valence-electron chi connectivity index (χ3n) is 4.64. The molecular weight excluding hydrogens is 252 g/mol. The molecule has 0 aromatic carbocycles. The zero-order valence-electron chi connectivity index (χ0n) is 14.6. The van der Waals surface area contributed by atoms with Crippen LogP contribution in [0.25, 0.3) is 0 Å². The minimum absolute atomic E-state index is 1.21. The smallest absolute Gasteiger partial charge is 0.0239 e. The van der Waals surface area contributed by atoms with E-state index in [1.165, 1.54) is 94.6 Å². The molecule has 0 heteroatoms. The summed E-state index contributed by atoms with van der Waals surface area (Å²) >= 11 is 0. The molecular formula is C21H36. The largest absolute Gasteiger partial charge is 0.0958 e. The van der Waals surface area contributed by atoms with Gasteiger partial charge in [-0.15, -0.1) is 0 Å². The number of hydrogen-bond donors (Lipinski definition) is 0. The SMILES string of the molecule is C=C(C)C1=CC=C(CCCCCCCCCCCC)CC1. The van der Waals surface area contributed by atoms with E-state index in [4.69, 9.17) is 0 Å². The van der Waals surface area contributed by atoms with Crippen molar-refractivity contribution in [3.63, 3.8) is 0 Å². The van der Waals surface area contributed by atoms with Crippen LogP contribution in [-0.2, 0) is 0 Å². The first-order valence-electron chi connectivity index (χ1n) is 9.28. The van der Waals surface area contributed by atoms with E-state index in [0.717, 1.165) is 0 Å². The van der Waals surface area contributed by atoms with Gasteiger partial charge in [0.05, 0.1) is 0 Å². The highest BCUT2D eigenvalue weighted by Crippen LogP contribution is 2.26. The Kier molecular flexibility index (Phi) is 10.3. The lowest BCUT2D eigenvalue weighted by atomic mass is 9.92. The van der Waals surface area contributed by atoms with Gasteiger partial charge in [0.1, 0.15) is 0 Å². The first-order chi connectivity index (χ1) is 10.2. The van der Waals surface area contributed by atoms with Crippen molar-refractivity contribution >= 4 is 0 Å². The van der Waals surface area contributed by atoms with Crippen molar-refractivity contribution in [3.8, 4) is 0 Å². The van der Waals surface area contributed by atoms with E-state index < -0.39 is 0 Å². The number of allylic oxidation sites excluding steroid dienone is 5. The molecule has 0 saturated carbocycles. The molecule has 0 amide bonds. The van der Waals surface area contributed by atoms with E-state index in [1.54, 1.807) is 5.57 Å². The minimum atomic E-state index is 1.21. The molecule has 1 aliphatic carbocycles. The molecule has 0 radical (unpaired) electrons. The number of rotatable bonds is 12. The van der Waals surface area contributed by atoms with Gasteiger partial charge in [-0.05, 0) is 38.2 Å². The minimum Gasteiger partial charge on any atom is -0.0958 e. The quantitative estimate of drug-likeness (QED) is 0.326. The summed E-state index contributed by atoms with van der Waals surface area (Å²) in [5.41, 5.74) is 4.34. The molecule has 0 atom stereocenters. The van der Waals surface area contributed by atoms with Crippen LogP contribution in [0, 0.1) is 0 Å². The lowest BCUT2D eigenvalue weighted by Crippen LogP contribution is -1.95. The molecule has 0 unspecified atom stereocenters. The Hall–Kier alpha value is -0.780. The predicted molar refractivity (Wildman–Crippen MR) is 96.7 cm³/mol. The van der Waals surface area contributed by atoms with Crippen molar-refractivity contribution in [1.29, 1.82) is 0 Å². The summed E-state index contributed by atoms with van der Waals surface area (Å²) < 4.78 is 0. The summed E-state index contributed by atoms with van der Waals surface area (Å²) in [4.78, 5) is 0. The van der Waals surface area contributed by atoms with Crippen LogP contribution < -0.4 is 0 Å². The van der Waals surface area contributed by atoms with Crippen LogP contribution in [0.5, 0.6) is 0 Å². The Morgan fingerprint density at radius 3 is 1.90 bits per heavy atom. The van der Waals surface area contributed by atoms with Crippen molar-refractivity contribution in [2.75, 3.05) is 0 Å². The third kappa shape index (κ3) is 8.96. The number of hydrogen-bond acceptors (Lipinski definition) is 0. The van der Waals surface area contributed by atoms with E-state index in [2.05, 4.69) is 32.6 Å². The van der Waals surface area contributed by atoms with Gasteiger partial charge in [-0.25, -0.2) is 0 Å². The molecule has 1 aliphatic rings. The van der Waals surface area contributed by atoms with Crippen LogP contribution in [0.1, 0.15) is 97.3 Å². The average Bonchev–Trinajstić information content (AvgIpc) is 2.49. The molecule has 0 heterocycles. The standard InChI is InChI=1S/C21H36/c1-4-5-6-7-8-9-10-11-12-13-14-20-15-17-21(18-16-20)19(2)3/h15,17H,2,4-14,16,18H2,1,3H3. The monoisotopic (exact) mass is 288 g/mol. The average molecular weight is 289 g/mol. The lowest BCUT2D eigenvalue weighted by molar-refractivity contribution is 0.554. The molecule has 1 rings (SSSR count). The van der Waals surface area contributed by atoms with Crippen molar-refractivity contribution in [2.24, 2.45) is 0 Å². The molecule has 0 bridgehead atoms. The van der Waals surface area contributed by atoms with Crippen LogP contribution in [-0.4, -0.2) is 0 Å². The third-order valence-corrected chi connectivity index (χ3v) is 4.64. The van der Waals surface area contributed by atoms with E-state index in [-0.39, 0.29) is 0 Å². The normalized spacial score (nSPS) is 14.8. The molecule has 0 saturated heterocycles. The Bertz CT molecular complexity index is 343. The fourth-order valence-corrected chi connectivity index (χ4v) is 3.08. The zero-order valence-corrected chi connectivity index (χ0v) is 14.6. The first kappa shape index (κ1) is 18.3. The van der Waals surface area contributed by atoms with Gasteiger partial charge in [-0.1, -0.05) is 94.6 Å². The first-order valence-corrected chi connectivity index (χ1v) is 9.28. The molecule has 0 spiro atoms. The summed E-state index contributed by atoms with van der Waals surface area (Å²) in [6.45, 7) is 8.44. The Morgan fingerprint density at radius 1 is 0.857 bits per heavy atom. The van der Waals surface area contributed by atoms with Gasteiger partial charge in [-0.3, -0.25) is 0 Å². The molecule has 21 heavy (non-hydrogen) atoms. The molecule has 0 aliphatic heterocycles. The summed E-state index contributed by atoms with van der Waals surface area (Å²) in [7, 11) is 0. The summed E-state index contributed by atoms with van der Waals surface area (Å²) in [6, 6.07) is 0. The van der Waals surface area contributed by atoms with Crippen molar-refractivity contribution in [2.45, 2.75) is 97.3 Å². The van der Waals surface area contributed by atoms with Gasteiger partial charge in [0.15, 0.2) is 0 Å². The van der Waals surface area contributed by atoms with Crippen molar-refractivity contribution in [3.05, 3.63) is 35.5 Å². The van der Waals surface area contributed by atoms with Gasteiger partial charge in [0.2, 0.25) is 0 Å². The van der Waals surface area contributed by atoms with E-state index >= 15 is 0 Å². The van der Waals surface area contributed by atoms with Crippen LogP contribution in [0.2, 0.25) is 0 Å². The van der Waals surface area contributed by atoms with E-state index in [1.807, 2.05) is 0 Å². The van der Waals surface area contributed by atoms with Crippen LogP contribution >= 0.6 is 0 Å². The molecule has 0 N–H and O–H groups in total. The Labute approximate surface area is 133 Å². The zero-order chi connectivity index (χ0) is 15.3. The molecule has 0 aromatic heterocycles. The Morgan fingerprint density at radius 2 is 1.43 bits per heavy atom. The maximum Gasteiger partial charge on any atom is -0.0239 e. The predicted octanol–water partition coefficient (Wildman–Crippen LogP) is 7.52. The molecule has 0 nitrogen and oxygen atoms in total. The van der Waals surface area contributed by atoms with Gasteiger partial charge in [0.25, 0.3) is 0 Å². The van der Waals surface area contributed by atoms with E-state index in [9.17, 15) is 0 Å². The van der Waals surface area contributed by atoms with Crippen molar-refractivity contribution in [1.82, 2.24) is 0 Å².